The summed E-state index contributed by atoms with van der Waals surface area (Å²) in [7, 11) is 1.61. The topological polar surface area (TPSA) is 77.6 Å². The number of ether oxygens (including phenoxy) is 1. The molecule has 1 aliphatic heterocycles. The Morgan fingerprint density at radius 3 is 2.62 bits per heavy atom. The van der Waals surface area contributed by atoms with Gasteiger partial charge < -0.3 is 14.1 Å². The van der Waals surface area contributed by atoms with E-state index in [0.29, 0.717) is 5.56 Å². The van der Waals surface area contributed by atoms with Crippen molar-refractivity contribution < 1.29 is 13.9 Å². The molecule has 1 aromatic heterocycles. The van der Waals surface area contributed by atoms with E-state index in [0.717, 1.165) is 47.1 Å². The van der Waals surface area contributed by atoms with Crippen LogP contribution in [0.3, 0.4) is 0 Å². The molecule has 0 bridgehead atoms. The van der Waals surface area contributed by atoms with Crippen LogP contribution in [0.5, 0.6) is 5.75 Å². The van der Waals surface area contributed by atoms with Crippen LogP contribution in [0.1, 0.15) is 12.8 Å². The highest BCUT2D eigenvalue weighted by Gasteiger charge is 2.21. The molecule has 0 N–H and O–H groups in total. The van der Waals surface area contributed by atoms with Crippen molar-refractivity contribution in [2.45, 2.75) is 19.4 Å². The SMILES string of the molecule is COc1ccc(-c2nn(CC(=O)N3CCCC3)c(=O)o2)c2ccccc12. The summed E-state index contributed by atoms with van der Waals surface area (Å²) in [5, 5.41) is 6.01. The number of methoxy groups -OCH3 is 1. The van der Waals surface area contributed by atoms with Crippen molar-refractivity contribution >= 4 is 16.7 Å². The minimum absolute atomic E-state index is 0.101. The van der Waals surface area contributed by atoms with Crippen LogP contribution in [0.15, 0.2) is 45.6 Å². The summed E-state index contributed by atoms with van der Waals surface area (Å²) in [6.07, 6.45) is 2.01. The number of rotatable bonds is 4. The summed E-state index contributed by atoms with van der Waals surface area (Å²) in [5.41, 5.74) is 0.686. The Bertz CT molecular complexity index is 1020. The van der Waals surface area contributed by atoms with Gasteiger partial charge in [0.25, 0.3) is 0 Å². The van der Waals surface area contributed by atoms with Gasteiger partial charge in [-0.1, -0.05) is 24.3 Å². The number of likely N-dealkylation sites (tertiary alicyclic amines) is 1. The first-order valence-corrected chi connectivity index (χ1v) is 8.59. The molecule has 1 aliphatic rings. The zero-order chi connectivity index (χ0) is 18.1. The number of benzene rings is 2. The Morgan fingerprint density at radius 2 is 1.88 bits per heavy atom. The Kier molecular flexibility index (Phi) is 4.20. The van der Waals surface area contributed by atoms with Gasteiger partial charge in [0.1, 0.15) is 12.3 Å². The van der Waals surface area contributed by atoms with E-state index in [9.17, 15) is 9.59 Å². The molecule has 0 atom stereocenters. The second-order valence-electron chi connectivity index (χ2n) is 6.28. The van der Waals surface area contributed by atoms with Gasteiger partial charge >= 0.3 is 5.76 Å². The Hall–Kier alpha value is -3.09. The fourth-order valence-corrected chi connectivity index (χ4v) is 3.35. The molecule has 1 fully saturated rings. The number of amides is 1. The van der Waals surface area contributed by atoms with Crippen LogP contribution in [0, 0.1) is 0 Å². The van der Waals surface area contributed by atoms with E-state index in [1.165, 1.54) is 0 Å². The molecule has 0 aliphatic carbocycles. The fourth-order valence-electron chi connectivity index (χ4n) is 3.35. The van der Waals surface area contributed by atoms with Crippen LogP contribution < -0.4 is 10.5 Å². The first kappa shape index (κ1) is 16.4. The molecule has 0 spiro atoms. The third kappa shape index (κ3) is 2.85. The van der Waals surface area contributed by atoms with E-state index >= 15 is 0 Å². The highest BCUT2D eigenvalue weighted by Crippen LogP contribution is 2.33. The van der Waals surface area contributed by atoms with Gasteiger partial charge in [-0.25, -0.2) is 4.79 Å². The first-order valence-electron chi connectivity index (χ1n) is 8.59. The van der Waals surface area contributed by atoms with Crippen LogP contribution in [0.4, 0.5) is 0 Å². The number of aromatic nitrogens is 2. The lowest BCUT2D eigenvalue weighted by Crippen LogP contribution is -2.34. The van der Waals surface area contributed by atoms with Crippen LogP contribution in [0.2, 0.25) is 0 Å². The van der Waals surface area contributed by atoms with Crippen molar-refractivity contribution in [1.82, 2.24) is 14.7 Å². The number of carbonyl (C=O) groups is 1. The molecule has 3 aromatic rings. The average Bonchev–Trinajstić information content (AvgIpc) is 3.31. The van der Waals surface area contributed by atoms with Crippen molar-refractivity contribution in [3.05, 3.63) is 46.9 Å². The molecule has 4 rings (SSSR count). The molecular weight excluding hydrogens is 334 g/mol. The molecule has 1 amide bonds. The molecule has 7 heteroatoms. The van der Waals surface area contributed by atoms with Crippen molar-refractivity contribution in [1.29, 1.82) is 0 Å². The number of hydrogen-bond acceptors (Lipinski definition) is 5. The lowest BCUT2D eigenvalue weighted by Gasteiger charge is -2.13. The van der Waals surface area contributed by atoms with Gasteiger partial charge in [0.15, 0.2) is 0 Å². The summed E-state index contributed by atoms with van der Waals surface area (Å²) in [6, 6.07) is 11.3. The highest BCUT2D eigenvalue weighted by molar-refractivity contribution is 5.98. The van der Waals surface area contributed by atoms with Crippen LogP contribution in [-0.4, -0.2) is 40.8 Å². The van der Waals surface area contributed by atoms with E-state index in [4.69, 9.17) is 9.15 Å². The molecule has 7 nitrogen and oxygen atoms in total. The third-order valence-corrected chi connectivity index (χ3v) is 4.68. The molecule has 0 unspecified atom stereocenters. The Labute approximate surface area is 149 Å². The van der Waals surface area contributed by atoms with E-state index in [1.54, 1.807) is 18.1 Å². The van der Waals surface area contributed by atoms with Gasteiger partial charge in [-0.15, -0.1) is 5.10 Å². The summed E-state index contributed by atoms with van der Waals surface area (Å²) in [6.45, 7) is 1.37. The standard InChI is InChI=1S/C19H19N3O4/c1-25-16-9-8-15(13-6-2-3-7-14(13)16)18-20-22(19(24)26-18)12-17(23)21-10-4-5-11-21/h2-3,6-9H,4-5,10-12H2,1H3. The summed E-state index contributed by atoms with van der Waals surface area (Å²) in [4.78, 5) is 26.2. The quantitative estimate of drug-likeness (QED) is 0.719. The van der Waals surface area contributed by atoms with Crippen molar-refractivity contribution in [3.8, 4) is 17.2 Å². The van der Waals surface area contributed by atoms with E-state index < -0.39 is 5.76 Å². The normalized spacial score (nSPS) is 14.1. The predicted molar refractivity (Wildman–Crippen MR) is 96.1 cm³/mol. The predicted octanol–water partition coefficient (Wildman–Crippen LogP) is 2.29. The third-order valence-electron chi connectivity index (χ3n) is 4.68. The van der Waals surface area contributed by atoms with Gasteiger partial charge in [0, 0.05) is 24.0 Å². The first-order chi connectivity index (χ1) is 12.7. The monoisotopic (exact) mass is 353 g/mol. The van der Waals surface area contributed by atoms with Crippen LogP contribution in [0.25, 0.3) is 22.2 Å². The number of carbonyl (C=O) groups excluding carboxylic acids is 1. The molecule has 1 saturated heterocycles. The van der Waals surface area contributed by atoms with Crippen LogP contribution in [-0.2, 0) is 11.3 Å². The zero-order valence-electron chi connectivity index (χ0n) is 14.5. The number of nitrogens with zero attached hydrogens (tertiary/aromatic N) is 3. The van der Waals surface area contributed by atoms with Gasteiger partial charge in [0.2, 0.25) is 11.8 Å². The maximum absolute atomic E-state index is 12.3. The highest BCUT2D eigenvalue weighted by atomic mass is 16.5. The number of hydrogen-bond donors (Lipinski definition) is 0. The van der Waals surface area contributed by atoms with Crippen molar-refractivity contribution in [2.24, 2.45) is 0 Å². The Balaban J connectivity index is 1.70. The zero-order valence-corrected chi connectivity index (χ0v) is 14.5. The molecule has 0 saturated carbocycles. The summed E-state index contributed by atoms with van der Waals surface area (Å²) < 4.78 is 11.8. The number of fused-ring (bicyclic) bond motifs is 1. The maximum Gasteiger partial charge on any atom is 0.437 e. The maximum atomic E-state index is 12.3. The lowest BCUT2D eigenvalue weighted by molar-refractivity contribution is -0.131. The minimum Gasteiger partial charge on any atom is -0.496 e. The Morgan fingerprint density at radius 1 is 1.15 bits per heavy atom. The van der Waals surface area contributed by atoms with Crippen molar-refractivity contribution in [3.63, 3.8) is 0 Å². The second kappa shape index (κ2) is 6.67. The lowest BCUT2D eigenvalue weighted by atomic mass is 10.0. The smallest absolute Gasteiger partial charge is 0.437 e. The van der Waals surface area contributed by atoms with Crippen LogP contribution >= 0.6 is 0 Å². The molecule has 134 valence electrons. The van der Waals surface area contributed by atoms with Gasteiger partial charge in [-0.2, -0.15) is 4.68 Å². The van der Waals surface area contributed by atoms with E-state index in [1.807, 2.05) is 30.3 Å². The largest absolute Gasteiger partial charge is 0.496 e. The summed E-state index contributed by atoms with van der Waals surface area (Å²) >= 11 is 0. The van der Waals surface area contributed by atoms with E-state index in [-0.39, 0.29) is 18.3 Å². The molecule has 26 heavy (non-hydrogen) atoms. The average molecular weight is 353 g/mol. The van der Waals surface area contributed by atoms with Crippen molar-refractivity contribution in [2.75, 3.05) is 20.2 Å². The van der Waals surface area contributed by atoms with Gasteiger partial charge in [-0.05, 0) is 30.4 Å². The molecule has 2 aromatic carbocycles. The summed E-state index contributed by atoms with van der Waals surface area (Å²) in [5.74, 6) is 0.190. The molecule has 2 heterocycles. The second-order valence-corrected chi connectivity index (χ2v) is 6.28. The molecule has 0 radical (unpaired) electrons. The van der Waals surface area contributed by atoms with E-state index in [2.05, 4.69) is 5.10 Å². The fraction of sp³-hybridized carbons (Fsp3) is 0.316. The van der Waals surface area contributed by atoms with Gasteiger partial charge in [0.05, 0.1) is 7.11 Å². The minimum atomic E-state index is -0.632. The molecular formula is C19H19N3O4. The van der Waals surface area contributed by atoms with Gasteiger partial charge in [-0.3, -0.25) is 4.79 Å².